The van der Waals surface area contributed by atoms with Crippen LogP contribution in [-0.2, 0) is 11.3 Å². The fourth-order valence-electron chi connectivity index (χ4n) is 2.87. The summed E-state index contributed by atoms with van der Waals surface area (Å²) in [5.41, 5.74) is 2.08. The Morgan fingerprint density at radius 2 is 1.81 bits per heavy atom. The van der Waals surface area contributed by atoms with Crippen LogP contribution >= 0.6 is 0 Å². The zero-order chi connectivity index (χ0) is 18.2. The molecular weight excluding hydrogens is 326 g/mol. The summed E-state index contributed by atoms with van der Waals surface area (Å²) in [5.74, 6) is 0.827. The van der Waals surface area contributed by atoms with Gasteiger partial charge in [0.25, 0.3) is 0 Å². The molecule has 1 N–H and O–H groups in total. The van der Waals surface area contributed by atoms with Crippen molar-refractivity contribution in [3.05, 3.63) is 84.2 Å². The van der Waals surface area contributed by atoms with Crippen LogP contribution in [-0.4, -0.2) is 22.8 Å². The molecule has 0 bridgehead atoms. The number of aryl methyl sites for hydroxylation is 1. The maximum atomic E-state index is 12.5. The number of hydrogen-bond donors (Lipinski definition) is 1. The average molecular weight is 349 g/mol. The minimum absolute atomic E-state index is 0.0295. The van der Waals surface area contributed by atoms with Gasteiger partial charge < -0.3 is 10.1 Å². The molecular formula is C21H23N3O2. The van der Waals surface area contributed by atoms with E-state index >= 15 is 0 Å². The highest BCUT2D eigenvalue weighted by atomic mass is 16.5. The molecule has 3 aromatic rings. The minimum Gasteiger partial charge on any atom is -0.497 e. The lowest BCUT2D eigenvalue weighted by Gasteiger charge is -2.20. The van der Waals surface area contributed by atoms with Crippen LogP contribution in [0.1, 0.15) is 30.0 Å². The molecule has 0 aliphatic rings. The zero-order valence-corrected chi connectivity index (χ0v) is 14.8. The number of carbonyl (C=O) groups is 1. The molecule has 0 unspecified atom stereocenters. The van der Waals surface area contributed by atoms with E-state index in [-0.39, 0.29) is 11.9 Å². The van der Waals surface area contributed by atoms with Gasteiger partial charge in [-0.15, -0.1) is 0 Å². The van der Waals surface area contributed by atoms with E-state index in [1.54, 1.807) is 13.3 Å². The smallest absolute Gasteiger partial charge is 0.220 e. The van der Waals surface area contributed by atoms with E-state index in [1.807, 2.05) is 71.5 Å². The number of benzene rings is 2. The third-order valence-corrected chi connectivity index (χ3v) is 4.24. The van der Waals surface area contributed by atoms with Gasteiger partial charge in [0.1, 0.15) is 5.75 Å². The summed E-state index contributed by atoms with van der Waals surface area (Å²) in [7, 11) is 1.64. The predicted molar refractivity (Wildman–Crippen MR) is 101 cm³/mol. The molecule has 3 rings (SSSR count). The molecule has 0 saturated carbocycles. The van der Waals surface area contributed by atoms with Gasteiger partial charge in [0, 0.05) is 25.4 Å². The molecule has 1 aromatic heterocycles. The first-order valence-electron chi connectivity index (χ1n) is 8.72. The first-order valence-corrected chi connectivity index (χ1v) is 8.72. The van der Waals surface area contributed by atoms with Gasteiger partial charge in [0.2, 0.25) is 5.91 Å². The molecule has 0 saturated heterocycles. The molecule has 134 valence electrons. The fourth-order valence-corrected chi connectivity index (χ4v) is 2.87. The van der Waals surface area contributed by atoms with Gasteiger partial charge in [-0.2, -0.15) is 5.10 Å². The first kappa shape index (κ1) is 17.7. The summed E-state index contributed by atoms with van der Waals surface area (Å²) in [6.45, 7) is 0.735. The van der Waals surface area contributed by atoms with E-state index in [0.29, 0.717) is 6.42 Å². The normalized spacial score (nSPS) is 11.7. The summed E-state index contributed by atoms with van der Waals surface area (Å²) >= 11 is 0. The minimum atomic E-state index is -0.181. The highest BCUT2D eigenvalue weighted by Crippen LogP contribution is 2.24. The number of nitrogens with zero attached hydrogens (tertiary/aromatic N) is 2. The summed E-state index contributed by atoms with van der Waals surface area (Å²) in [4.78, 5) is 12.5. The van der Waals surface area contributed by atoms with Crippen molar-refractivity contribution in [2.45, 2.75) is 25.4 Å². The van der Waals surface area contributed by atoms with Crippen molar-refractivity contribution in [3.63, 3.8) is 0 Å². The quantitative estimate of drug-likeness (QED) is 0.676. The Labute approximate surface area is 153 Å². The number of hydrogen-bond acceptors (Lipinski definition) is 3. The molecule has 1 atom stereocenters. The van der Waals surface area contributed by atoms with Crippen LogP contribution in [0.2, 0.25) is 0 Å². The van der Waals surface area contributed by atoms with Crippen molar-refractivity contribution in [2.24, 2.45) is 0 Å². The third kappa shape index (κ3) is 4.72. The number of methoxy groups -OCH3 is 1. The average Bonchev–Trinajstić information content (AvgIpc) is 3.20. The van der Waals surface area contributed by atoms with Crippen LogP contribution in [0.15, 0.2) is 73.1 Å². The van der Waals surface area contributed by atoms with E-state index in [4.69, 9.17) is 4.74 Å². The molecule has 0 aliphatic heterocycles. The maximum Gasteiger partial charge on any atom is 0.220 e. The molecule has 0 spiro atoms. The van der Waals surface area contributed by atoms with Crippen LogP contribution in [0.3, 0.4) is 0 Å². The van der Waals surface area contributed by atoms with Gasteiger partial charge in [-0.25, -0.2) is 0 Å². The van der Waals surface area contributed by atoms with Crippen LogP contribution in [0.5, 0.6) is 5.75 Å². The number of rotatable bonds is 8. The summed E-state index contributed by atoms with van der Waals surface area (Å²) in [5, 5.41) is 7.32. The van der Waals surface area contributed by atoms with Crippen molar-refractivity contribution in [1.82, 2.24) is 15.1 Å². The molecule has 1 amide bonds. The van der Waals surface area contributed by atoms with Crippen LogP contribution in [0.4, 0.5) is 0 Å². The summed E-state index contributed by atoms with van der Waals surface area (Å²) in [6, 6.07) is 19.5. The Hall–Kier alpha value is -3.08. The Bertz CT molecular complexity index is 799. The highest BCUT2D eigenvalue weighted by Gasteiger charge is 2.16. The largest absolute Gasteiger partial charge is 0.497 e. The standard InChI is InChI=1S/C21H23N3O2/c1-26-19-12-10-18(11-13-19)21(17-7-3-2-4-8-17)23-20(25)9-5-15-24-16-6-14-22-24/h2-4,6-8,10-14,16,21H,5,9,15H2,1H3,(H,23,25)/t21-/m1/s1. The molecule has 2 aromatic carbocycles. The number of amides is 1. The molecule has 0 fully saturated rings. The second kappa shape index (κ2) is 8.85. The van der Waals surface area contributed by atoms with Crippen molar-refractivity contribution in [1.29, 1.82) is 0 Å². The number of carbonyl (C=O) groups excluding carboxylic acids is 1. The SMILES string of the molecule is COc1ccc([C@H](NC(=O)CCCn2cccn2)c2ccccc2)cc1. The van der Waals surface area contributed by atoms with Crippen molar-refractivity contribution >= 4 is 5.91 Å². The van der Waals surface area contributed by atoms with Crippen LogP contribution in [0.25, 0.3) is 0 Å². The van der Waals surface area contributed by atoms with E-state index in [2.05, 4.69) is 10.4 Å². The Balaban J connectivity index is 1.67. The third-order valence-electron chi connectivity index (χ3n) is 4.24. The second-order valence-corrected chi connectivity index (χ2v) is 6.06. The number of aromatic nitrogens is 2. The lowest BCUT2D eigenvalue weighted by molar-refractivity contribution is -0.121. The van der Waals surface area contributed by atoms with Gasteiger partial charge in [-0.05, 0) is 35.7 Å². The van der Waals surface area contributed by atoms with Gasteiger partial charge in [0.05, 0.1) is 13.2 Å². The first-order chi connectivity index (χ1) is 12.8. The van der Waals surface area contributed by atoms with Gasteiger partial charge >= 0.3 is 0 Å². The molecule has 0 aliphatic carbocycles. The van der Waals surface area contributed by atoms with Crippen molar-refractivity contribution < 1.29 is 9.53 Å². The lowest BCUT2D eigenvalue weighted by Crippen LogP contribution is -2.29. The Morgan fingerprint density at radius 3 is 2.46 bits per heavy atom. The second-order valence-electron chi connectivity index (χ2n) is 6.06. The summed E-state index contributed by atoms with van der Waals surface area (Å²) in [6.07, 6.45) is 4.86. The van der Waals surface area contributed by atoms with Gasteiger partial charge in [-0.3, -0.25) is 9.48 Å². The zero-order valence-electron chi connectivity index (χ0n) is 14.8. The van der Waals surface area contributed by atoms with Gasteiger partial charge in [0.15, 0.2) is 0 Å². The molecule has 1 heterocycles. The topological polar surface area (TPSA) is 56.1 Å². The molecule has 0 radical (unpaired) electrons. The molecule has 26 heavy (non-hydrogen) atoms. The van der Waals surface area contributed by atoms with Crippen LogP contribution < -0.4 is 10.1 Å². The number of ether oxygens (including phenoxy) is 1. The van der Waals surface area contributed by atoms with Crippen LogP contribution in [0, 0.1) is 0 Å². The molecule has 5 heteroatoms. The Kier molecular flexibility index (Phi) is 6.04. The maximum absolute atomic E-state index is 12.5. The van der Waals surface area contributed by atoms with E-state index in [9.17, 15) is 4.79 Å². The fraction of sp³-hybridized carbons (Fsp3) is 0.238. The molecule has 5 nitrogen and oxygen atoms in total. The predicted octanol–water partition coefficient (Wildman–Crippen LogP) is 3.58. The monoisotopic (exact) mass is 349 g/mol. The highest BCUT2D eigenvalue weighted by molar-refractivity contribution is 5.77. The summed E-state index contributed by atoms with van der Waals surface area (Å²) < 4.78 is 7.07. The van der Waals surface area contributed by atoms with E-state index < -0.39 is 0 Å². The number of nitrogens with one attached hydrogen (secondary N) is 1. The van der Waals surface area contributed by atoms with Crippen molar-refractivity contribution in [3.8, 4) is 5.75 Å². The van der Waals surface area contributed by atoms with E-state index in [0.717, 1.165) is 29.8 Å². The lowest BCUT2D eigenvalue weighted by atomic mass is 9.98. The van der Waals surface area contributed by atoms with Gasteiger partial charge in [-0.1, -0.05) is 42.5 Å². The van der Waals surface area contributed by atoms with E-state index in [1.165, 1.54) is 0 Å². The van der Waals surface area contributed by atoms with Crippen molar-refractivity contribution in [2.75, 3.05) is 7.11 Å². The Morgan fingerprint density at radius 1 is 1.08 bits per heavy atom.